The van der Waals surface area contributed by atoms with E-state index in [1.165, 1.54) is 0 Å². The van der Waals surface area contributed by atoms with E-state index in [0.717, 1.165) is 18.5 Å². The SMILES string of the molecule is CCCc1nonc1C(C)=NO. The van der Waals surface area contributed by atoms with Crippen molar-refractivity contribution in [3.63, 3.8) is 0 Å². The minimum absolute atomic E-state index is 0.430. The van der Waals surface area contributed by atoms with Gasteiger partial charge in [-0.25, -0.2) is 4.63 Å². The Bertz CT molecular complexity index is 280. The van der Waals surface area contributed by atoms with Crippen molar-refractivity contribution in [3.8, 4) is 0 Å². The van der Waals surface area contributed by atoms with Crippen molar-refractivity contribution < 1.29 is 9.84 Å². The van der Waals surface area contributed by atoms with Gasteiger partial charge in [0.1, 0.15) is 11.4 Å². The van der Waals surface area contributed by atoms with Gasteiger partial charge >= 0.3 is 0 Å². The van der Waals surface area contributed by atoms with Crippen LogP contribution in [0.25, 0.3) is 0 Å². The Morgan fingerprint density at radius 2 is 2.33 bits per heavy atom. The van der Waals surface area contributed by atoms with Gasteiger partial charge in [-0.15, -0.1) is 0 Å². The Morgan fingerprint density at radius 1 is 1.58 bits per heavy atom. The summed E-state index contributed by atoms with van der Waals surface area (Å²) in [6.07, 6.45) is 1.74. The van der Waals surface area contributed by atoms with Crippen LogP contribution in [0.4, 0.5) is 0 Å². The van der Waals surface area contributed by atoms with Crippen molar-refractivity contribution in [1.29, 1.82) is 0 Å². The van der Waals surface area contributed by atoms with Gasteiger partial charge in [-0.3, -0.25) is 0 Å². The lowest BCUT2D eigenvalue weighted by Gasteiger charge is -1.92. The third-order valence-electron chi connectivity index (χ3n) is 1.54. The molecule has 0 aliphatic heterocycles. The molecule has 0 bridgehead atoms. The normalized spacial score (nSPS) is 12.0. The summed E-state index contributed by atoms with van der Waals surface area (Å²) in [5.41, 5.74) is 1.71. The lowest BCUT2D eigenvalue weighted by atomic mass is 10.2. The summed E-state index contributed by atoms with van der Waals surface area (Å²) >= 11 is 0. The molecule has 5 heteroatoms. The average molecular weight is 169 g/mol. The van der Waals surface area contributed by atoms with Gasteiger partial charge in [0.25, 0.3) is 0 Å². The molecule has 12 heavy (non-hydrogen) atoms. The summed E-state index contributed by atoms with van der Waals surface area (Å²) in [5.74, 6) is 0. The maximum Gasteiger partial charge on any atom is 0.155 e. The van der Waals surface area contributed by atoms with E-state index >= 15 is 0 Å². The highest BCUT2D eigenvalue weighted by molar-refractivity contribution is 5.97. The highest BCUT2D eigenvalue weighted by atomic mass is 16.6. The molecule has 0 aliphatic carbocycles. The molecule has 1 heterocycles. The largest absolute Gasteiger partial charge is 0.411 e. The van der Waals surface area contributed by atoms with Gasteiger partial charge in [-0.05, 0) is 18.5 Å². The van der Waals surface area contributed by atoms with E-state index in [9.17, 15) is 0 Å². The van der Waals surface area contributed by atoms with Crippen LogP contribution in [0.1, 0.15) is 31.7 Å². The van der Waals surface area contributed by atoms with E-state index in [0.29, 0.717) is 11.4 Å². The molecule has 0 aliphatic rings. The quantitative estimate of drug-likeness (QED) is 0.419. The molecular formula is C7H11N3O2. The van der Waals surface area contributed by atoms with Gasteiger partial charge in [-0.1, -0.05) is 23.7 Å². The third-order valence-corrected chi connectivity index (χ3v) is 1.54. The maximum atomic E-state index is 8.48. The smallest absolute Gasteiger partial charge is 0.155 e. The molecule has 0 spiro atoms. The number of hydrogen-bond donors (Lipinski definition) is 1. The van der Waals surface area contributed by atoms with Crippen LogP contribution in [0.3, 0.4) is 0 Å². The van der Waals surface area contributed by atoms with E-state index in [1.807, 2.05) is 6.92 Å². The molecule has 0 atom stereocenters. The highest BCUT2D eigenvalue weighted by Crippen LogP contribution is 2.06. The van der Waals surface area contributed by atoms with Crippen molar-refractivity contribution in [3.05, 3.63) is 11.4 Å². The van der Waals surface area contributed by atoms with Crippen molar-refractivity contribution in [1.82, 2.24) is 10.3 Å². The fourth-order valence-electron chi connectivity index (χ4n) is 0.930. The maximum absolute atomic E-state index is 8.48. The van der Waals surface area contributed by atoms with E-state index in [1.54, 1.807) is 6.92 Å². The average Bonchev–Trinajstić information content (AvgIpc) is 2.52. The Kier molecular flexibility index (Phi) is 2.79. The van der Waals surface area contributed by atoms with Gasteiger partial charge in [0.05, 0.1) is 0 Å². The monoisotopic (exact) mass is 169 g/mol. The number of rotatable bonds is 3. The second-order valence-electron chi connectivity index (χ2n) is 2.49. The molecule has 0 saturated heterocycles. The van der Waals surface area contributed by atoms with Crippen LogP contribution in [0.5, 0.6) is 0 Å². The zero-order valence-corrected chi connectivity index (χ0v) is 7.11. The van der Waals surface area contributed by atoms with Crippen LogP contribution in [-0.2, 0) is 6.42 Å². The summed E-state index contributed by atoms with van der Waals surface area (Å²) in [6.45, 7) is 3.68. The van der Waals surface area contributed by atoms with Crippen molar-refractivity contribution >= 4 is 5.71 Å². The van der Waals surface area contributed by atoms with E-state index < -0.39 is 0 Å². The van der Waals surface area contributed by atoms with Gasteiger partial charge in [0.15, 0.2) is 5.69 Å². The lowest BCUT2D eigenvalue weighted by molar-refractivity contribution is 0.300. The predicted octanol–water partition coefficient (Wildman–Crippen LogP) is 1.22. The molecule has 1 aromatic heterocycles. The van der Waals surface area contributed by atoms with E-state index in [2.05, 4.69) is 20.1 Å². The summed E-state index contributed by atoms with van der Waals surface area (Å²) in [5, 5.41) is 18.8. The van der Waals surface area contributed by atoms with Crippen molar-refractivity contribution in [2.45, 2.75) is 26.7 Å². The first-order chi connectivity index (χ1) is 5.79. The van der Waals surface area contributed by atoms with E-state index in [-0.39, 0.29) is 0 Å². The summed E-state index contributed by atoms with van der Waals surface area (Å²) < 4.78 is 4.53. The molecule has 1 N–H and O–H groups in total. The second-order valence-corrected chi connectivity index (χ2v) is 2.49. The zero-order chi connectivity index (χ0) is 8.97. The van der Waals surface area contributed by atoms with Gasteiger partial charge < -0.3 is 5.21 Å². The molecule has 1 rings (SSSR count). The molecule has 66 valence electrons. The lowest BCUT2D eigenvalue weighted by Crippen LogP contribution is -2.00. The van der Waals surface area contributed by atoms with Crippen LogP contribution >= 0.6 is 0 Å². The Balaban J connectivity index is 2.91. The number of hydrogen-bond acceptors (Lipinski definition) is 5. The van der Waals surface area contributed by atoms with Gasteiger partial charge in [0.2, 0.25) is 0 Å². The summed E-state index contributed by atoms with van der Waals surface area (Å²) in [6, 6.07) is 0. The Hall–Kier alpha value is -1.39. The van der Waals surface area contributed by atoms with Crippen molar-refractivity contribution in [2.75, 3.05) is 0 Å². The molecule has 0 radical (unpaired) electrons. The second kappa shape index (κ2) is 3.85. The van der Waals surface area contributed by atoms with E-state index in [4.69, 9.17) is 5.21 Å². The third kappa shape index (κ3) is 1.61. The van der Waals surface area contributed by atoms with Crippen LogP contribution in [0, 0.1) is 0 Å². The fourth-order valence-corrected chi connectivity index (χ4v) is 0.930. The standard InChI is InChI=1S/C7H11N3O2/c1-3-4-6-7(5(2)8-11)10-12-9-6/h11H,3-4H2,1-2H3. The molecule has 0 fully saturated rings. The first-order valence-corrected chi connectivity index (χ1v) is 3.80. The molecule has 1 aromatic rings. The first kappa shape index (κ1) is 8.70. The zero-order valence-electron chi connectivity index (χ0n) is 7.11. The Morgan fingerprint density at radius 3 is 2.92 bits per heavy atom. The van der Waals surface area contributed by atoms with Crippen LogP contribution in [0.2, 0.25) is 0 Å². The molecule has 0 unspecified atom stereocenters. The molecule has 0 saturated carbocycles. The minimum atomic E-state index is 0.430. The van der Waals surface area contributed by atoms with Gasteiger partial charge in [-0.2, -0.15) is 0 Å². The summed E-state index contributed by atoms with van der Waals surface area (Å²) in [7, 11) is 0. The Labute approximate surface area is 70.0 Å². The first-order valence-electron chi connectivity index (χ1n) is 3.80. The fraction of sp³-hybridized carbons (Fsp3) is 0.571. The molecule has 0 amide bonds. The minimum Gasteiger partial charge on any atom is -0.411 e. The number of nitrogens with zero attached hydrogens (tertiary/aromatic N) is 3. The molecule has 0 aromatic carbocycles. The van der Waals surface area contributed by atoms with Crippen LogP contribution in [0.15, 0.2) is 9.78 Å². The number of aryl methyl sites for hydroxylation is 1. The topological polar surface area (TPSA) is 71.5 Å². The predicted molar refractivity (Wildman–Crippen MR) is 42.3 cm³/mol. The van der Waals surface area contributed by atoms with Crippen LogP contribution in [-0.4, -0.2) is 21.2 Å². The summed E-state index contributed by atoms with van der Waals surface area (Å²) in [4.78, 5) is 0. The number of aromatic nitrogens is 2. The van der Waals surface area contributed by atoms with Crippen LogP contribution < -0.4 is 0 Å². The highest BCUT2D eigenvalue weighted by Gasteiger charge is 2.11. The number of oxime groups is 1. The molecular weight excluding hydrogens is 158 g/mol. The molecule has 5 nitrogen and oxygen atoms in total. The van der Waals surface area contributed by atoms with Crippen molar-refractivity contribution in [2.24, 2.45) is 5.16 Å². The van der Waals surface area contributed by atoms with Gasteiger partial charge in [0, 0.05) is 0 Å².